The van der Waals surface area contributed by atoms with Gasteiger partial charge < -0.3 is 14.7 Å². The Bertz CT molecular complexity index is 666. The molecule has 4 rings (SSSR count). The van der Waals surface area contributed by atoms with Crippen LogP contribution in [0.4, 0.5) is 5.95 Å². The van der Waals surface area contributed by atoms with Crippen molar-refractivity contribution in [3.05, 3.63) is 30.3 Å². The molecule has 1 amide bonds. The van der Waals surface area contributed by atoms with Gasteiger partial charge in [0.15, 0.2) is 0 Å². The number of hydrogen-bond donors (Lipinski definition) is 1. The summed E-state index contributed by atoms with van der Waals surface area (Å²) in [6.45, 7) is 0.788. The molecule has 114 valence electrons. The maximum absolute atomic E-state index is 12.3. The van der Waals surface area contributed by atoms with Gasteiger partial charge in [-0.2, -0.15) is 4.98 Å². The highest BCUT2D eigenvalue weighted by molar-refractivity contribution is 5.85. The quantitative estimate of drug-likeness (QED) is 0.934. The van der Waals surface area contributed by atoms with Gasteiger partial charge in [0.2, 0.25) is 5.91 Å². The Morgan fingerprint density at radius 1 is 1.23 bits per heavy atom. The van der Waals surface area contributed by atoms with Crippen LogP contribution in [-0.2, 0) is 4.79 Å². The van der Waals surface area contributed by atoms with Crippen molar-refractivity contribution in [2.45, 2.75) is 37.8 Å². The van der Waals surface area contributed by atoms with Crippen molar-refractivity contribution in [1.29, 1.82) is 0 Å². The second-order valence-corrected chi connectivity index (χ2v) is 5.90. The molecule has 1 saturated heterocycles. The van der Waals surface area contributed by atoms with Crippen molar-refractivity contribution in [3.63, 3.8) is 0 Å². The van der Waals surface area contributed by atoms with Crippen LogP contribution in [0.3, 0.4) is 0 Å². The van der Waals surface area contributed by atoms with Gasteiger partial charge in [0, 0.05) is 18.2 Å². The fraction of sp³-hybridized carbons (Fsp3) is 0.438. The van der Waals surface area contributed by atoms with Crippen molar-refractivity contribution in [1.82, 2.24) is 15.5 Å². The second kappa shape index (κ2) is 5.44. The molecule has 0 radical (unpaired) electrons. The van der Waals surface area contributed by atoms with E-state index in [2.05, 4.69) is 15.5 Å². The smallest absolute Gasteiger partial charge is 0.267 e. The summed E-state index contributed by atoms with van der Waals surface area (Å²) in [5.74, 6) is 1.09. The van der Waals surface area contributed by atoms with Crippen LogP contribution in [0.5, 0.6) is 0 Å². The molecule has 1 saturated carbocycles. The van der Waals surface area contributed by atoms with Crippen molar-refractivity contribution in [2.75, 3.05) is 11.4 Å². The highest BCUT2D eigenvalue weighted by atomic mass is 16.5. The first-order valence-electron chi connectivity index (χ1n) is 7.77. The number of carbonyl (C=O) groups excluding carboxylic acids is 1. The van der Waals surface area contributed by atoms with E-state index in [1.807, 2.05) is 35.2 Å². The van der Waals surface area contributed by atoms with Crippen LogP contribution in [0, 0.1) is 0 Å². The standard InChI is InChI=1S/C16H18N4O2/c21-14(17-12-8-9-12)13-7-4-10-20(13)16-18-15(22-19-16)11-5-2-1-3-6-11/h1-3,5-6,12-13H,4,7-10H2,(H,17,21). The molecule has 1 atom stereocenters. The van der Waals surface area contributed by atoms with E-state index in [0.717, 1.165) is 37.8 Å². The van der Waals surface area contributed by atoms with E-state index in [4.69, 9.17) is 4.52 Å². The molecular formula is C16H18N4O2. The summed E-state index contributed by atoms with van der Waals surface area (Å²) in [5.41, 5.74) is 0.888. The molecule has 22 heavy (non-hydrogen) atoms. The van der Waals surface area contributed by atoms with E-state index in [-0.39, 0.29) is 11.9 Å². The first-order chi connectivity index (χ1) is 10.8. The number of benzene rings is 1. The van der Waals surface area contributed by atoms with E-state index in [1.54, 1.807) is 0 Å². The molecule has 1 aliphatic heterocycles. The highest BCUT2D eigenvalue weighted by Crippen LogP contribution is 2.27. The van der Waals surface area contributed by atoms with Gasteiger partial charge in [0.1, 0.15) is 6.04 Å². The number of nitrogens with zero attached hydrogens (tertiary/aromatic N) is 3. The summed E-state index contributed by atoms with van der Waals surface area (Å²) < 4.78 is 5.35. The third-order valence-corrected chi connectivity index (χ3v) is 4.17. The lowest BCUT2D eigenvalue weighted by molar-refractivity contribution is -0.122. The van der Waals surface area contributed by atoms with E-state index in [9.17, 15) is 4.79 Å². The third-order valence-electron chi connectivity index (χ3n) is 4.17. The number of amides is 1. The molecule has 2 aliphatic rings. The topological polar surface area (TPSA) is 71.3 Å². The Morgan fingerprint density at radius 2 is 2.05 bits per heavy atom. The SMILES string of the molecule is O=C(NC1CC1)C1CCCN1c1noc(-c2ccccc2)n1. The monoisotopic (exact) mass is 298 g/mol. The zero-order valence-corrected chi connectivity index (χ0v) is 12.2. The predicted molar refractivity (Wildman–Crippen MR) is 81.3 cm³/mol. The number of rotatable bonds is 4. The molecule has 1 aromatic heterocycles. The zero-order chi connectivity index (χ0) is 14.9. The molecule has 1 N–H and O–H groups in total. The number of anilines is 1. The maximum Gasteiger partial charge on any atom is 0.267 e. The van der Waals surface area contributed by atoms with Gasteiger partial charge in [-0.25, -0.2) is 0 Å². The van der Waals surface area contributed by atoms with Crippen molar-refractivity contribution in [3.8, 4) is 11.5 Å². The fourth-order valence-electron chi connectivity index (χ4n) is 2.83. The molecule has 6 heteroatoms. The van der Waals surface area contributed by atoms with Crippen LogP contribution in [0.1, 0.15) is 25.7 Å². The van der Waals surface area contributed by atoms with Crippen LogP contribution in [0.15, 0.2) is 34.9 Å². The minimum Gasteiger partial charge on any atom is -0.352 e. The molecule has 2 aromatic rings. The summed E-state index contributed by atoms with van der Waals surface area (Å²) >= 11 is 0. The molecule has 2 fully saturated rings. The van der Waals surface area contributed by atoms with Gasteiger partial charge in [-0.1, -0.05) is 18.2 Å². The van der Waals surface area contributed by atoms with Gasteiger partial charge >= 0.3 is 0 Å². The molecule has 0 bridgehead atoms. The molecule has 1 unspecified atom stereocenters. The Balaban J connectivity index is 1.53. The summed E-state index contributed by atoms with van der Waals surface area (Å²) in [7, 11) is 0. The first kappa shape index (κ1) is 13.3. The zero-order valence-electron chi connectivity index (χ0n) is 12.2. The summed E-state index contributed by atoms with van der Waals surface area (Å²) in [6.07, 6.45) is 4.00. The van der Waals surface area contributed by atoms with Crippen molar-refractivity contribution >= 4 is 11.9 Å². The van der Waals surface area contributed by atoms with Crippen molar-refractivity contribution < 1.29 is 9.32 Å². The van der Waals surface area contributed by atoms with Gasteiger partial charge in [0.25, 0.3) is 11.8 Å². The first-order valence-corrected chi connectivity index (χ1v) is 7.77. The number of nitrogens with one attached hydrogen (secondary N) is 1. The van der Waals surface area contributed by atoms with Crippen molar-refractivity contribution in [2.24, 2.45) is 0 Å². The van der Waals surface area contributed by atoms with Gasteiger partial charge in [0.05, 0.1) is 0 Å². The molecule has 6 nitrogen and oxygen atoms in total. The lowest BCUT2D eigenvalue weighted by atomic mass is 10.2. The number of aromatic nitrogens is 2. The van der Waals surface area contributed by atoms with Crippen LogP contribution in [-0.4, -0.2) is 34.7 Å². The fourth-order valence-corrected chi connectivity index (χ4v) is 2.83. The number of carbonyl (C=O) groups is 1. The largest absolute Gasteiger partial charge is 0.352 e. The van der Waals surface area contributed by atoms with Gasteiger partial charge in [-0.3, -0.25) is 4.79 Å². The number of hydrogen-bond acceptors (Lipinski definition) is 5. The van der Waals surface area contributed by atoms with Gasteiger partial charge in [-0.05, 0) is 43.0 Å². The van der Waals surface area contributed by atoms with E-state index in [1.165, 1.54) is 0 Å². The minimum absolute atomic E-state index is 0.0889. The Labute approximate surface area is 128 Å². The van der Waals surface area contributed by atoms with E-state index in [0.29, 0.717) is 17.9 Å². The Kier molecular flexibility index (Phi) is 3.29. The molecule has 1 aliphatic carbocycles. The molecular weight excluding hydrogens is 280 g/mol. The average Bonchev–Trinajstić information content (AvgIpc) is 3.06. The summed E-state index contributed by atoms with van der Waals surface area (Å²) in [6, 6.07) is 9.86. The summed E-state index contributed by atoms with van der Waals surface area (Å²) in [4.78, 5) is 18.7. The van der Waals surface area contributed by atoms with Crippen LogP contribution < -0.4 is 10.2 Å². The van der Waals surface area contributed by atoms with Crippen LogP contribution in [0.25, 0.3) is 11.5 Å². The average molecular weight is 298 g/mol. The Morgan fingerprint density at radius 3 is 2.82 bits per heavy atom. The highest BCUT2D eigenvalue weighted by Gasteiger charge is 2.36. The second-order valence-electron chi connectivity index (χ2n) is 5.90. The lowest BCUT2D eigenvalue weighted by Gasteiger charge is -2.21. The molecule has 2 heterocycles. The molecule has 0 spiro atoms. The van der Waals surface area contributed by atoms with E-state index >= 15 is 0 Å². The normalized spacial score (nSPS) is 21.1. The molecule has 1 aromatic carbocycles. The summed E-state index contributed by atoms with van der Waals surface area (Å²) in [5, 5.41) is 7.13. The third kappa shape index (κ3) is 2.56. The van der Waals surface area contributed by atoms with Crippen LogP contribution >= 0.6 is 0 Å². The van der Waals surface area contributed by atoms with Gasteiger partial charge in [-0.15, -0.1) is 0 Å². The maximum atomic E-state index is 12.3. The van der Waals surface area contributed by atoms with E-state index < -0.39 is 0 Å². The lowest BCUT2D eigenvalue weighted by Crippen LogP contribution is -2.44. The van der Waals surface area contributed by atoms with Crippen LogP contribution in [0.2, 0.25) is 0 Å². The predicted octanol–water partition coefficient (Wildman–Crippen LogP) is 1.98. The Hall–Kier alpha value is -2.37. The minimum atomic E-state index is -0.179.